The maximum absolute atomic E-state index is 13.1. The van der Waals surface area contributed by atoms with Crippen molar-refractivity contribution >= 4 is 11.0 Å². The molecule has 0 aliphatic heterocycles. The van der Waals surface area contributed by atoms with E-state index >= 15 is 0 Å². The van der Waals surface area contributed by atoms with Gasteiger partial charge >= 0.3 is 12.4 Å². The number of fused-ring (bicyclic) bond motifs is 1. The van der Waals surface area contributed by atoms with Crippen molar-refractivity contribution in [2.45, 2.75) is 52.0 Å². The Morgan fingerprint density at radius 2 is 1.72 bits per heavy atom. The topological polar surface area (TPSA) is 17.8 Å². The molecule has 8 heteroatoms. The first-order valence-corrected chi connectivity index (χ1v) is 7.91. The highest BCUT2D eigenvalue weighted by atomic mass is 19.4. The summed E-state index contributed by atoms with van der Waals surface area (Å²) in [7, 11) is 0. The molecule has 0 unspecified atom stereocenters. The third kappa shape index (κ3) is 3.62. The van der Waals surface area contributed by atoms with Crippen LogP contribution in [0.15, 0.2) is 18.3 Å². The van der Waals surface area contributed by atoms with Gasteiger partial charge in [-0.05, 0) is 29.9 Å². The molecule has 0 saturated heterocycles. The zero-order valence-corrected chi connectivity index (χ0v) is 14.0. The van der Waals surface area contributed by atoms with E-state index in [1.54, 1.807) is 0 Å². The van der Waals surface area contributed by atoms with Gasteiger partial charge in [-0.2, -0.15) is 26.3 Å². The summed E-state index contributed by atoms with van der Waals surface area (Å²) in [6, 6.07) is 2.75. The number of rotatable bonds is 2. The first kappa shape index (κ1) is 18.1. The van der Waals surface area contributed by atoms with Crippen molar-refractivity contribution in [3.8, 4) is 0 Å². The van der Waals surface area contributed by atoms with E-state index in [0.717, 1.165) is 6.42 Å². The van der Waals surface area contributed by atoms with Crippen LogP contribution in [0.25, 0.3) is 11.0 Å². The molecular formula is C17H18F6N2. The summed E-state index contributed by atoms with van der Waals surface area (Å²) in [6.45, 7) is 4.68. The molecule has 2 heterocycles. The molecule has 2 atom stereocenters. The van der Waals surface area contributed by atoms with Crippen molar-refractivity contribution in [3.63, 3.8) is 0 Å². The van der Waals surface area contributed by atoms with Crippen molar-refractivity contribution in [1.82, 2.24) is 9.55 Å². The molecule has 0 spiro atoms. The van der Waals surface area contributed by atoms with E-state index in [0.29, 0.717) is 22.4 Å². The van der Waals surface area contributed by atoms with E-state index in [1.165, 1.54) is 12.1 Å². The van der Waals surface area contributed by atoms with Gasteiger partial charge < -0.3 is 4.57 Å². The lowest BCUT2D eigenvalue weighted by atomic mass is 9.88. The fourth-order valence-corrected chi connectivity index (χ4v) is 3.40. The predicted molar refractivity (Wildman–Crippen MR) is 81.1 cm³/mol. The molecule has 0 aromatic carbocycles. The third-order valence-corrected chi connectivity index (χ3v) is 4.68. The summed E-state index contributed by atoms with van der Waals surface area (Å²) in [5, 5.41) is -0.298. The standard InChI is InChI=1S/C17H18F6N2/c1-15(2,3)11-6-10(11)13-5-4-9-12(17(21,22)23)7-25(14(9)24-13)8-16(18,19)20/h4-5,7,10-11H,6,8H2,1-3H3/t10-,11-/m0/s1. The number of nitrogens with zero attached hydrogens (tertiary/aromatic N) is 2. The van der Waals surface area contributed by atoms with Gasteiger partial charge in [0, 0.05) is 23.2 Å². The highest BCUT2D eigenvalue weighted by Gasteiger charge is 2.47. The Morgan fingerprint density at radius 1 is 1.08 bits per heavy atom. The zero-order valence-electron chi connectivity index (χ0n) is 14.0. The summed E-state index contributed by atoms with van der Waals surface area (Å²) < 4.78 is 78.2. The van der Waals surface area contributed by atoms with Gasteiger partial charge in [-0.15, -0.1) is 0 Å². The summed E-state index contributed by atoms with van der Waals surface area (Å²) in [5.41, 5.74) is -0.773. The Balaban J connectivity index is 2.07. The van der Waals surface area contributed by atoms with E-state index < -0.39 is 24.5 Å². The predicted octanol–water partition coefficient (Wildman–Crippen LogP) is 5.77. The second-order valence-electron chi connectivity index (χ2n) is 7.71. The van der Waals surface area contributed by atoms with Gasteiger partial charge in [0.2, 0.25) is 0 Å². The minimum atomic E-state index is -4.73. The second-order valence-corrected chi connectivity index (χ2v) is 7.71. The largest absolute Gasteiger partial charge is 0.418 e. The molecule has 2 aromatic heterocycles. The molecule has 2 nitrogen and oxygen atoms in total. The van der Waals surface area contributed by atoms with Crippen molar-refractivity contribution in [1.29, 1.82) is 0 Å². The van der Waals surface area contributed by atoms with Crippen LogP contribution in [0.4, 0.5) is 26.3 Å². The average molecular weight is 364 g/mol. The highest BCUT2D eigenvalue weighted by Crippen LogP contribution is 2.56. The molecule has 2 aromatic rings. The van der Waals surface area contributed by atoms with Crippen LogP contribution in [0, 0.1) is 11.3 Å². The van der Waals surface area contributed by atoms with Crippen LogP contribution in [-0.2, 0) is 12.7 Å². The van der Waals surface area contributed by atoms with E-state index in [2.05, 4.69) is 25.8 Å². The monoisotopic (exact) mass is 364 g/mol. The molecule has 0 amide bonds. The fraction of sp³-hybridized carbons (Fsp3) is 0.588. The fourth-order valence-electron chi connectivity index (χ4n) is 3.40. The number of halogens is 6. The van der Waals surface area contributed by atoms with Crippen LogP contribution in [0.5, 0.6) is 0 Å². The van der Waals surface area contributed by atoms with Gasteiger partial charge in [0.25, 0.3) is 0 Å². The van der Waals surface area contributed by atoms with Crippen molar-refractivity contribution in [2.75, 3.05) is 0 Å². The Labute approximate surface area is 140 Å². The van der Waals surface area contributed by atoms with Crippen molar-refractivity contribution in [3.05, 3.63) is 29.6 Å². The van der Waals surface area contributed by atoms with Gasteiger partial charge in [-0.25, -0.2) is 4.98 Å². The molecule has 1 fully saturated rings. The molecule has 0 N–H and O–H groups in total. The first-order chi connectivity index (χ1) is 11.3. The minimum absolute atomic E-state index is 0.0202. The maximum atomic E-state index is 13.1. The molecule has 1 aliphatic carbocycles. The lowest BCUT2D eigenvalue weighted by molar-refractivity contribution is -0.143. The quantitative estimate of drug-likeness (QED) is 0.619. The van der Waals surface area contributed by atoms with Gasteiger partial charge in [0.15, 0.2) is 0 Å². The van der Waals surface area contributed by atoms with E-state index in [-0.39, 0.29) is 22.4 Å². The van der Waals surface area contributed by atoms with Gasteiger partial charge in [0.05, 0.1) is 5.56 Å². The Hall–Kier alpha value is -1.73. The molecule has 1 saturated carbocycles. The zero-order chi connectivity index (χ0) is 18.8. The lowest BCUT2D eigenvalue weighted by Crippen LogP contribution is -2.17. The number of pyridine rings is 1. The number of hydrogen-bond donors (Lipinski definition) is 0. The Morgan fingerprint density at radius 3 is 2.20 bits per heavy atom. The highest BCUT2D eigenvalue weighted by molar-refractivity contribution is 5.81. The smallest absolute Gasteiger partial charge is 0.323 e. The molecular weight excluding hydrogens is 346 g/mol. The number of aromatic nitrogens is 2. The van der Waals surface area contributed by atoms with Crippen LogP contribution >= 0.6 is 0 Å². The molecule has 1 aliphatic rings. The van der Waals surface area contributed by atoms with Crippen LogP contribution in [0.3, 0.4) is 0 Å². The van der Waals surface area contributed by atoms with Crippen molar-refractivity contribution < 1.29 is 26.3 Å². The summed E-state index contributed by atoms with van der Waals surface area (Å²) >= 11 is 0. The summed E-state index contributed by atoms with van der Waals surface area (Å²) in [4.78, 5) is 4.18. The molecule has 3 rings (SSSR count). The normalized spacial score (nSPS) is 21.8. The second kappa shape index (κ2) is 5.38. The van der Waals surface area contributed by atoms with E-state index in [1.807, 2.05) is 0 Å². The summed E-state index contributed by atoms with van der Waals surface area (Å²) in [5.74, 6) is 0.401. The van der Waals surface area contributed by atoms with Gasteiger partial charge in [-0.1, -0.05) is 20.8 Å². The summed E-state index contributed by atoms with van der Waals surface area (Å²) in [6.07, 6.45) is -8.01. The SMILES string of the molecule is CC(C)(C)[C@H]1C[C@@H]1c1ccc2c(C(F)(F)F)cn(CC(F)(F)F)c2n1. The van der Waals surface area contributed by atoms with Crippen LogP contribution < -0.4 is 0 Å². The van der Waals surface area contributed by atoms with Gasteiger partial charge in [-0.3, -0.25) is 0 Å². The molecule has 138 valence electrons. The van der Waals surface area contributed by atoms with Crippen LogP contribution in [0.1, 0.15) is 44.4 Å². The minimum Gasteiger partial charge on any atom is -0.323 e. The van der Waals surface area contributed by atoms with E-state index in [4.69, 9.17) is 0 Å². The van der Waals surface area contributed by atoms with E-state index in [9.17, 15) is 26.3 Å². The third-order valence-electron chi connectivity index (χ3n) is 4.68. The van der Waals surface area contributed by atoms with Gasteiger partial charge in [0.1, 0.15) is 12.2 Å². The Bertz CT molecular complexity index is 794. The average Bonchev–Trinajstić information content (AvgIpc) is 3.14. The van der Waals surface area contributed by atoms with Crippen LogP contribution in [0.2, 0.25) is 0 Å². The number of hydrogen-bond acceptors (Lipinski definition) is 1. The van der Waals surface area contributed by atoms with Crippen LogP contribution in [-0.4, -0.2) is 15.7 Å². The Kier molecular flexibility index (Phi) is 3.89. The number of alkyl halides is 6. The maximum Gasteiger partial charge on any atom is 0.418 e. The molecule has 0 bridgehead atoms. The molecule has 25 heavy (non-hydrogen) atoms. The van der Waals surface area contributed by atoms with Crippen molar-refractivity contribution in [2.24, 2.45) is 11.3 Å². The molecule has 0 radical (unpaired) electrons. The lowest BCUT2D eigenvalue weighted by Gasteiger charge is -2.18. The first-order valence-electron chi connectivity index (χ1n) is 7.91.